The number of aliphatic hydroxyl groups is 1. The van der Waals surface area contributed by atoms with Crippen LogP contribution in [0.15, 0.2) is 102 Å². The van der Waals surface area contributed by atoms with E-state index in [0.29, 0.717) is 28.0 Å². The van der Waals surface area contributed by atoms with Crippen LogP contribution in [0.25, 0.3) is 5.57 Å². The van der Waals surface area contributed by atoms with Crippen molar-refractivity contribution in [1.29, 1.82) is 0 Å². The molecule has 0 atom stereocenters. The molecule has 2 rings (SSSR count). The van der Waals surface area contributed by atoms with E-state index >= 15 is 0 Å². The molecule has 0 aromatic heterocycles. The fourth-order valence-electron chi connectivity index (χ4n) is 3.54. The van der Waals surface area contributed by atoms with Crippen LogP contribution >= 0.6 is 0 Å². The third-order valence-corrected chi connectivity index (χ3v) is 5.53. The summed E-state index contributed by atoms with van der Waals surface area (Å²) in [4.78, 5) is 23.9. The molecule has 1 N–H and O–H groups in total. The number of carbonyl (C=O) groups is 2. The van der Waals surface area contributed by atoms with Crippen LogP contribution in [-0.4, -0.2) is 37.0 Å². The maximum atomic E-state index is 12.4. The van der Waals surface area contributed by atoms with Crippen LogP contribution in [0.1, 0.15) is 97.1 Å². The van der Waals surface area contributed by atoms with Gasteiger partial charge in [-0.05, 0) is 82.4 Å². The molecule has 2 aromatic carbocycles. The van der Waals surface area contributed by atoms with Gasteiger partial charge in [0, 0.05) is 12.2 Å². The Bertz CT molecular complexity index is 1190. The Morgan fingerprint density at radius 3 is 1.73 bits per heavy atom. The van der Waals surface area contributed by atoms with E-state index < -0.39 is 0 Å². The number of benzene rings is 2. The van der Waals surface area contributed by atoms with E-state index in [-0.39, 0.29) is 18.2 Å². The Hall–Kier alpha value is -3.96. The van der Waals surface area contributed by atoms with Crippen molar-refractivity contribution in [1.82, 2.24) is 0 Å². The molecule has 5 nitrogen and oxygen atoms in total. The van der Waals surface area contributed by atoms with Crippen molar-refractivity contribution in [2.75, 3.05) is 20.3 Å². The Morgan fingerprint density at radius 1 is 0.886 bits per heavy atom. The predicted molar refractivity (Wildman–Crippen MR) is 190 cm³/mol. The molecule has 0 aliphatic heterocycles. The largest absolute Gasteiger partial charge is 0.496 e. The molecule has 0 heterocycles. The molecule has 244 valence electrons. The number of ketones is 2. The zero-order valence-corrected chi connectivity index (χ0v) is 29.5. The molecule has 0 bridgehead atoms. The lowest BCUT2D eigenvalue weighted by Crippen LogP contribution is -2.08. The highest BCUT2D eigenvalue weighted by molar-refractivity contribution is 6.02. The summed E-state index contributed by atoms with van der Waals surface area (Å²) in [6.45, 7) is 29.5. The minimum absolute atomic E-state index is 0.00561. The molecule has 44 heavy (non-hydrogen) atoms. The predicted octanol–water partition coefficient (Wildman–Crippen LogP) is 10.3. The van der Waals surface area contributed by atoms with Crippen molar-refractivity contribution >= 4 is 17.1 Å². The molecule has 2 aromatic rings. The van der Waals surface area contributed by atoms with Crippen molar-refractivity contribution in [3.05, 3.63) is 119 Å². The second-order valence-electron chi connectivity index (χ2n) is 8.84. The molecular weight excluding hydrogens is 548 g/mol. The van der Waals surface area contributed by atoms with Crippen LogP contribution in [0.4, 0.5) is 0 Å². The third-order valence-electron chi connectivity index (χ3n) is 5.53. The Balaban J connectivity index is -0.000000768. The van der Waals surface area contributed by atoms with Crippen molar-refractivity contribution in [3.63, 3.8) is 0 Å². The molecule has 0 saturated heterocycles. The van der Waals surface area contributed by atoms with Gasteiger partial charge in [0.25, 0.3) is 0 Å². The monoisotopic (exact) mass is 606 g/mol. The Kier molecular flexibility index (Phi) is 28.2. The summed E-state index contributed by atoms with van der Waals surface area (Å²) >= 11 is 0. The van der Waals surface area contributed by atoms with Gasteiger partial charge in [-0.15, -0.1) is 0 Å². The Morgan fingerprint density at radius 2 is 1.36 bits per heavy atom. The molecule has 5 heteroatoms. The number of aliphatic hydroxyl groups excluding tert-OH is 1. The van der Waals surface area contributed by atoms with Crippen molar-refractivity contribution in [2.45, 2.75) is 82.6 Å². The SMILES string of the molecule is C=C/C(C(=C)/C=C\C)=C(C(C)=O)/C(OC)=C(\C)c1ccc(C(C)=O)cc1.CC.CC.CCCOc1ccc(C)cc1.CCO. The van der Waals surface area contributed by atoms with E-state index in [9.17, 15) is 9.59 Å². The Labute approximate surface area is 268 Å². The third kappa shape index (κ3) is 17.2. The van der Waals surface area contributed by atoms with Gasteiger partial charge < -0.3 is 14.6 Å². The van der Waals surface area contributed by atoms with E-state index in [4.69, 9.17) is 14.6 Å². The quantitative estimate of drug-likeness (QED) is 0.119. The van der Waals surface area contributed by atoms with E-state index in [1.165, 1.54) is 26.5 Å². The zero-order valence-electron chi connectivity index (χ0n) is 29.5. The molecule has 0 unspecified atom stereocenters. The van der Waals surface area contributed by atoms with E-state index in [0.717, 1.165) is 29.9 Å². The van der Waals surface area contributed by atoms with Crippen molar-refractivity contribution in [2.24, 2.45) is 0 Å². The number of Topliss-reactive ketones (excluding diaryl/α,β-unsaturated/α-hetero) is 2. The molecular formula is C39H58O5. The van der Waals surface area contributed by atoms with Crippen LogP contribution in [0.5, 0.6) is 5.75 Å². The van der Waals surface area contributed by atoms with Gasteiger partial charge in [0.05, 0.1) is 19.3 Å². The van der Waals surface area contributed by atoms with Gasteiger partial charge >= 0.3 is 0 Å². The minimum atomic E-state index is -0.137. The average molecular weight is 607 g/mol. The molecule has 0 amide bonds. The maximum Gasteiger partial charge on any atom is 0.164 e. The van der Waals surface area contributed by atoms with Gasteiger partial charge in [0.2, 0.25) is 0 Å². The average Bonchev–Trinajstić information content (AvgIpc) is 3.03. The molecule has 0 spiro atoms. The van der Waals surface area contributed by atoms with Gasteiger partial charge in [-0.1, -0.05) is 108 Å². The highest BCUT2D eigenvalue weighted by atomic mass is 16.5. The van der Waals surface area contributed by atoms with Gasteiger partial charge in [-0.3, -0.25) is 9.59 Å². The smallest absolute Gasteiger partial charge is 0.164 e. The van der Waals surface area contributed by atoms with E-state index in [1.807, 2.05) is 78.0 Å². The fourth-order valence-corrected chi connectivity index (χ4v) is 3.54. The van der Waals surface area contributed by atoms with Crippen molar-refractivity contribution < 1.29 is 24.2 Å². The highest BCUT2D eigenvalue weighted by Gasteiger charge is 2.20. The maximum absolute atomic E-state index is 12.4. The number of aryl methyl sites for hydroxylation is 1. The topological polar surface area (TPSA) is 72.8 Å². The summed E-state index contributed by atoms with van der Waals surface area (Å²) in [5.74, 6) is 1.30. The van der Waals surface area contributed by atoms with Crippen LogP contribution in [0.2, 0.25) is 0 Å². The summed E-state index contributed by atoms with van der Waals surface area (Å²) in [6.07, 6.45) is 6.36. The van der Waals surface area contributed by atoms with Gasteiger partial charge in [-0.2, -0.15) is 0 Å². The van der Waals surface area contributed by atoms with Gasteiger partial charge in [0.1, 0.15) is 11.5 Å². The number of hydrogen-bond donors (Lipinski definition) is 1. The number of allylic oxidation sites excluding steroid dienone is 7. The summed E-state index contributed by atoms with van der Waals surface area (Å²) < 4.78 is 11.0. The van der Waals surface area contributed by atoms with Crippen LogP contribution in [0.3, 0.4) is 0 Å². The molecule has 0 aliphatic rings. The summed E-state index contributed by atoms with van der Waals surface area (Å²) in [5, 5.41) is 7.57. The number of rotatable bonds is 11. The van der Waals surface area contributed by atoms with Gasteiger partial charge in [0.15, 0.2) is 11.6 Å². The summed E-state index contributed by atoms with van der Waals surface area (Å²) in [5.41, 5.74) is 5.31. The second kappa shape index (κ2) is 27.8. The summed E-state index contributed by atoms with van der Waals surface area (Å²) in [7, 11) is 1.53. The van der Waals surface area contributed by atoms with Gasteiger partial charge in [-0.25, -0.2) is 0 Å². The van der Waals surface area contributed by atoms with E-state index in [1.54, 1.807) is 25.1 Å². The van der Waals surface area contributed by atoms with Crippen molar-refractivity contribution in [3.8, 4) is 5.75 Å². The fraction of sp³-hybridized carbons (Fsp3) is 0.385. The van der Waals surface area contributed by atoms with Crippen LogP contribution < -0.4 is 4.74 Å². The lowest BCUT2D eigenvalue weighted by Gasteiger charge is -2.17. The molecule has 0 fully saturated rings. The first-order valence-corrected chi connectivity index (χ1v) is 15.4. The van der Waals surface area contributed by atoms with Crippen LogP contribution in [0, 0.1) is 6.92 Å². The number of carbonyl (C=O) groups excluding carboxylic acids is 2. The zero-order chi connectivity index (χ0) is 34.7. The standard InChI is InChI=1S/C23H26O3.C10H14O.C2H6O.2C2H6/c1-8-10-15(3)21(9-2)22(18(6)25)23(26-7)16(4)19-11-13-20(14-12-19)17(5)24;1-3-8-11-10-6-4-9(2)5-7-10;1-2-3;2*1-2/h8-14H,2-3H2,1,4-7H3;4-7H,3,8H2,1-2H3;3H,2H2,1H3;2*1-2H3/b10-8-,22-21-,23-16-;;;;. The summed E-state index contributed by atoms with van der Waals surface area (Å²) in [6, 6.07) is 15.3. The number of methoxy groups -OCH3 is 1. The first kappa shape index (κ1) is 44.5. The number of hydrogen-bond acceptors (Lipinski definition) is 5. The molecule has 0 saturated carbocycles. The lowest BCUT2D eigenvalue weighted by molar-refractivity contribution is -0.113. The minimum Gasteiger partial charge on any atom is -0.496 e. The molecule has 0 radical (unpaired) electrons. The molecule has 0 aliphatic carbocycles. The normalized spacial score (nSPS) is 10.8. The first-order chi connectivity index (χ1) is 21.0. The highest BCUT2D eigenvalue weighted by Crippen LogP contribution is 2.30. The first-order valence-electron chi connectivity index (χ1n) is 15.4. The second-order valence-corrected chi connectivity index (χ2v) is 8.84. The van der Waals surface area contributed by atoms with E-state index in [2.05, 4.69) is 39.1 Å². The number of ether oxygens (including phenoxy) is 2. The van der Waals surface area contributed by atoms with Crippen LogP contribution in [-0.2, 0) is 9.53 Å². The lowest BCUT2D eigenvalue weighted by atomic mass is 9.92.